The molecule has 1 unspecified atom stereocenters. The van der Waals surface area contributed by atoms with Crippen LogP contribution in [0.2, 0.25) is 0 Å². The maximum Gasteiger partial charge on any atom is 0.337 e. The molecular weight excluding hydrogens is 378 g/mol. The molecule has 2 aromatic rings. The van der Waals surface area contributed by atoms with Gasteiger partial charge >= 0.3 is 12.0 Å². The van der Waals surface area contributed by atoms with E-state index >= 15 is 0 Å². The molecule has 9 heteroatoms. The third-order valence-corrected chi connectivity index (χ3v) is 5.39. The molecule has 3 rings (SSSR count). The Morgan fingerprint density at radius 2 is 2.04 bits per heavy atom. The summed E-state index contributed by atoms with van der Waals surface area (Å²) in [5.74, 6) is 0.792. The number of nitrogens with one attached hydrogen (secondary N) is 2. The molecule has 0 saturated heterocycles. The maximum atomic E-state index is 12.3. The maximum absolute atomic E-state index is 12.3. The Morgan fingerprint density at radius 3 is 2.75 bits per heavy atom. The van der Waals surface area contributed by atoms with Gasteiger partial charge in [-0.1, -0.05) is 42.1 Å². The highest BCUT2D eigenvalue weighted by atomic mass is 32.2. The number of hydrogen-bond donors (Lipinski definition) is 2. The molecule has 2 amide bonds. The number of hydrogen-bond acceptors (Lipinski definition) is 6. The lowest BCUT2D eigenvalue weighted by molar-refractivity contribution is -0.138. The van der Waals surface area contributed by atoms with E-state index in [4.69, 9.17) is 4.74 Å². The van der Waals surface area contributed by atoms with Crippen molar-refractivity contribution in [3.05, 3.63) is 53.0 Å². The van der Waals surface area contributed by atoms with E-state index in [0.29, 0.717) is 28.6 Å². The van der Waals surface area contributed by atoms with Crippen molar-refractivity contribution in [3.8, 4) is 0 Å². The van der Waals surface area contributed by atoms with Crippen LogP contribution in [0.15, 0.2) is 46.8 Å². The molecule has 1 aliphatic rings. The van der Waals surface area contributed by atoms with Gasteiger partial charge in [0.2, 0.25) is 0 Å². The van der Waals surface area contributed by atoms with E-state index in [1.807, 2.05) is 41.9 Å². The van der Waals surface area contributed by atoms with Crippen molar-refractivity contribution in [3.63, 3.8) is 0 Å². The van der Waals surface area contributed by atoms with Gasteiger partial charge in [0.25, 0.3) is 0 Å². The van der Waals surface area contributed by atoms with E-state index in [9.17, 15) is 9.59 Å². The normalized spacial score (nSPS) is 16.5. The molecule has 1 aromatic heterocycles. The topological polar surface area (TPSA) is 98.1 Å². The Balaban J connectivity index is 1.75. The van der Waals surface area contributed by atoms with Gasteiger partial charge in [-0.3, -0.25) is 0 Å². The van der Waals surface area contributed by atoms with Crippen LogP contribution in [0.3, 0.4) is 0 Å². The van der Waals surface area contributed by atoms with Crippen molar-refractivity contribution in [1.82, 2.24) is 25.4 Å². The van der Waals surface area contributed by atoms with Crippen LogP contribution in [0.25, 0.3) is 0 Å². The van der Waals surface area contributed by atoms with Crippen LogP contribution < -0.4 is 10.6 Å². The molecule has 1 aromatic carbocycles. The lowest BCUT2D eigenvalue weighted by atomic mass is 10.1. The van der Waals surface area contributed by atoms with Crippen molar-refractivity contribution in [2.75, 3.05) is 12.4 Å². The second-order valence-electron chi connectivity index (χ2n) is 6.34. The van der Waals surface area contributed by atoms with Crippen LogP contribution in [0.1, 0.15) is 25.2 Å². The first-order valence-electron chi connectivity index (χ1n) is 9.02. The second kappa shape index (κ2) is 8.92. The van der Waals surface area contributed by atoms with Gasteiger partial charge in [0.1, 0.15) is 5.82 Å². The van der Waals surface area contributed by atoms with Crippen LogP contribution in [-0.2, 0) is 23.0 Å². The van der Waals surface area contributed by atoms with Gasteiger partial charge < -0.3 is 19.9 Å². The summed E-state index contributed by atoms with van der Waals surface area (Å²) >= 11 is 1.41. The predicted molar refractivity (Wildman–Crippen MR) is 106 cm³/mol. The van der Waals surface area contributed by atoms with Gasteiger partial charge in [0.05, 0.1) is 18.2 Å². The first-order chi connectivity index (χ1) is 13.5. The fourth-order valence-corrected chi connectivity index (χ4v) is 3.83. The average molecular weight is 401 g/mol. The Morgan fingerprint density at radius 1 is 1.29 bits per heavy atom. The molecule has 28 heavy (non-hydrogen) atoms. The largest absolute Gasteiger partial charge is 0.463 e. The summed E-state index contributed by atoms with van der Waals surface area (Å²) in [7, 11) is 1.91. The van der Waals surface area contributed by atoms with Crippen LogP contribution in [0.5, 0.6) is 0 Å². The van der Waals surface area contributed by atoms with Gasteiger partial charge in [-0.2, -0.15) is 0 Å². The summed E-state index contributed by atoms with van der Waals surface area (Å²) in [5.41, 5.74) is 2.12. The zero-order chi connectivity index (χ0) is 20.1. The summed E-state index contributed by atoms with van der Waals surface area (Å²) in [6.07, 6.45) is 0.680. The van der Waals surface area contributed by atoms with Crippen molar-refractivity contribution in [2.45, 2.75) is 31.5 Å². The number of esters is 1. The van der Waals surface area contributed by atoms with Crippen molar-refractivity contribution in [1.29, 1.82) is 0 Å². The molecule has 8 nitrogen and oxygen atoms in total. The molecule has 0 saturated carbocycles. The summed E-state index contributed by atoms with van der Waals surface area (Å²) in [4.78, 5) is 24.1. The van der Waals surface area contributed by atoms with Crippen molar-refractivity contribution >= 4 is 23.8 Å². The van der Waals surface area contributed by atoms with Gasteiger partial charge in [-0.05, 0) is 19.4 Å². The number of benzene rings is 1. The number of carbonyl (C=O) groups is 2. The molecular formula is C19H23N5O3S. The molecule has 2 heterocycles. The van der Waals surface area contributed by atoms with Crippen molar-refractivity contribution < 1.29 is 14.3 Å². The van der Waals surface area contributed by atoms with Gasteiger partial charge in [0, 0.05) is 24.9 Å². The highest BCUT2D eigenvalue weighted by molar-refractivity contribution is 7.99. The smallest absolute Gasteiger partial charge is 0.337 e. The number of carbonyl (C=O) groups excluding carboxylic acids is 2. The molecule has 148 valence electrons. The monoisotopic (exact) mass is 401 g/mol. The average Bonchev–Trinajstić information content (AvgIpc) is 3.00. The number of urea groups is 1. The fourth-order valence-electron chi connectivity index (χ4n) is 2.93. The van der Waals surface area contributed by atoms with E-state index in [2.05, 4.69) is 20.8 Å². The number of ether oxygens (including phenoxy) is 1. The first kappa shape index (κ1) is 19.9. The van der Waals surface area contributed by atoms with Crippen LogP contribution in [-0.4, -0.2) is 45.2 Å². The standard InChI is InChI=1S/C19H23N5O3S/c1-4-27-17(25)16-12(2)20-18(26)21-14(16)11-28-19-23-22-15(24(19)3)10-13-8-6-5-7-9-13/h5-9,12H,4,10-11H2,1-3H3,(H2,20,21,26). The molecule has 0 aliphatic carbocycles. The number of nitrogens with zero attached hydrogens (tertiary/aromatic N) is 3. The minimum atomic E-state index is -0.430. The number of aromatic nitrogens is 3. The van der Waals surface area contributed by atoms with Crippen LogP contribution in [0, 0.1) is 0 Å². The Kier molecular flexibility index (Phi) is 6.35. The van der Waals surface area contributed by atoms with E-state index in [1.165, 1.54) is 11.8 Å². The minimum absolute atomic E-state index is 0.273. The lowest BCUT2D eigenvalue weighted by Gasteiger charge is -2.26. The van der Waals surface area contributed by atoms with Gasteiger partial charge in [-0.15, -0.1) is 10.2 Å². The third-order valence-electron chi connectivity index (χ3n) is 4.34. The summed E-state index contributed by atoms with van der Waals surface area (Å²) in [5, 5.41) is 14.6. The van der Waals surface area contributed by atoms with E-state index in [1.54, 1.807) is 13.8 Å². The van der Waals surface area contributed by atoms with Crippen LogP contribution >= 0.6 is 11.8 Å². The Bertz CT molecular complexity index is 894. The summed E-state index contributed by atoms with van der Waals surface area (Å²) in [6.45, 7) is 3.78. The SMILES string of the molecule is CCOC(=O)C1=C(CSc2nnc(Cc3ccccc3)n2C)NC(=O)NC1C. The van der Waals surface area contributed by atoms with E-state index in [0.717, 1.165) is 11.4 Å². The second-order valence-corrected chi connectivity index (χ2v) is 7.28. The molecule has 0 fully saturated rings. The molecule has 0 bridgehead atoms. The highest BCUT2D eigenvalue weighted by Gasteiger charge is 2.29. The first-order valence-corrected chi connectivity index (χ1v) is 10.0. The quantitative estimate of drug-likeness (QED) is 0.544. The molecule has 2 N–H and O–H groups in total. The Hall–Kier alpha value is -2.81. The molecule has 0 radical (unpaired) electrons. The lowest BCUT2D eigenvalue weighted by Crippen LogP contribution is -2.49. The van der Waals surface area contributed by atoms with Crippen LogP contribution in [0.4, 0.5) is 4.79 Å². The van der Waals surface area contributed by atoms with Crippen molar-refractivity contribution in [2.24, 2.45) is 7.05 Å². The zero-order valence-corrected chi connectivity index (χ0v) is 16.9. The highest BCUT2D eigenvalue weighted by Crippen LogP contribution is 2.23. The summed E-state index contributed by atoms with van der Waals surface area (Å²) < 4.78 is 7.06. The number of amides is 2. The molecule has 0 spiro atoms. The van der Waals surface area contributed by atoms with E-state index < -0.39 is 12.0 Å². The molecule has 1 aliphatic heterocycles. The Labute approximate surface area is 167 Å². The fraction of sp³-hybridized carbons (Fsp3) is 0.368. The third kappa shape index (κ3) is 4.53. The minimum Gasteiger partial charge on any atom is -0.463 e. The zero-order valence-electron chi connectivity index (χ0n) is 16.1. The number of rotatable bonds is 7. The predicted octanol–water partition coefficient (Wildman–Crippen LogP) is 2.02. The number of thioether (sulfide) groups is 1. The van der Waals surface area contributed by atoms with E-state index in [-0.39, 0.29) is 12.6 Å². The molecule has 1 atom stereocenters. The van der Waals surface area contributed by atoms with Gasteiger partial charge in [-0.25, -0.2) is 9.59 Å². The summed E-state index contributed by atoms with van der Waals surface area (Å²) in [6, 6.07) is 9.30. The van der Waals surface area contributed by atoms with Gasteiger partial charge in [0.15, 0.2) is 5.16 Å².